The van der Waals surface area contributed by atoms with Crippen LogP contribution in [0.25, 0.3) is 0 Å². The van der Waals surface area contributed by atoms with E-state index in [1.54, 1.807) is 0 Å². The highest BCUT2D eigenvalue weighted by molar-refractivity contribution is 6.31. The SMILES string of the molecule is Cc1cccc(NC(N)=NCc2ccccc2Cl)c1. The molecule has 0 radical (unpaired) electrons. The minimum Gasteiger partial charge on any atom is -0.370 e. The summed E-state index contributed by atoms with van der Waals surface area (Å²) in [6.07, 6.45) is 0. The fourth-order valence-corrected chi connectivity index (χ4v) is 1.90. The van der Waals surface area contributed by atoms with E-state index in [0.717, 1.165) is 11.3 Å². The molecule has 0 fully saturated rings. The number of hydrogen-bond acceptors (Lipinski definition) is 1. The summed E-state index contributed by atoms with van der Waals surface area (Å²) in [5.41, 5.74) is 8.91. The van der Waals surface area contributed by atoms with Crippen LogP contribution in [0.15, 0.2) is 53.5 Å². The first-order chi connectivity index (χ1) is 9.15. The van der Waals surface area contributed by atoms with Gasteiger partial charge in [0.1, 0.15) is 0 Å². The predicted molar refractivity (Wildman–Crippen MR) is 81.6 cm³/mol. The molecular weight excluding hydrogens is 258 g/mol. The number of guanidine groups is 1. The number of hydrogen-bond donors (Lipinski definition) is 2. The van der Waals surface area contributed by atoms with Crippen molar-refractivity contribution in [2.45, 2.75) is 13.5 Å². The maximum absolute atomic E-state index is 6.06. The Balaban J connectivity index is 2.02. The predicted octanol–water partition coefficient (Wildman–Crippen LogP) is 3.58. The molecule has 98 valence electrons. The summed E-state index contributed by atoms with van der Waals surface area (Å²) in [4.78, 5) is 4.28. The number of nitrogens with two attached hydrogens (primary N) is 1. The van der Waals surface area contributed by atoms with Crippen molar-refractivity contribution < 1.29 is 0 Å². The molecule has 4 heteroatoms. The van der Waals surface area contributed by atoms with Crippen LogP contribution >= 0.6 is 11.6 Å². The molecule has 0 saturated carbocycles. The average Bonchev–Trinajstić information content (AvgIpc) is 2.38. The highest BCUT2D eigenvalue weighted by Crippen LogP contribution is 2.15. The van der Waals surface area contributed by atoms with E-state index in [4.69, 9.17) is 17.3 Å². The van der Waals surface area contributed by atoms with E-state index in [2.05, 4.69) is 10.3 Å². The number of anilines is 1. The third-order valence-electron chi connectivity index (χ3n) is 2.67. The molecule has 2 aromatic carbocycles. The summed E-state index contributed by atoms with van der Waals surface area (Å²) in [5.74, 6) is 0.380. The fourth-order valence-electron chi connectivity index (χ4n) is 1.71. The van der Waals surface area contributed by atoms with Gasteiger partial charge >= 0.3 is 0 Å². The summed E-state index contributed by atoms with van der Waals surface area (Å²) in [7, 11) is 0. The first kappa shape index (κ1) is 13.4. The van der Waals surface area contributed by atoms with Crippen molar-refractivity contribution in [1.29, 1.82) is 0 Å². The van der Waals surface area contributed by atoms with Gasteiger partial charge in [-0.2, -0.15) is 0 Å². The van der Waals surface area contributed by atoms with Crippen LogP contribution in [-0.2, 0) is 6.54 Å². The van der Waals surface area contributed by atoms with Crippen LogP contribution < -0.4 is 11.1 Å². The van der Waals surface area contributed by atoms with Gasteiger partial charge in [0.25, 0.3) is 0 Å². The Morgan fingerprint density at radius 1 is 1.21 bits per heavy atom. The Morgan fingerprint density at radius 2 is 2.00 bits per heavy atom. The Bertz CT molecular complexity index is 593. The molecule has 0 atom stereocenters. The van der Waals surface area contributed by atoms with Crippen LogP contribution in [0.1, 0.15) is 11.1 Å². The zero-order valence-corrected chi connectivity index (χ0v) is 11.5. The fraction of sp³-hybridized carbons (Fsp3) is 0.133. The lowest BCUT2D eigenvalue weighted by molar-refractivity contribution is 1.06. The molecule has 19 heavy (non-hydrogen) atoms. The lowest BCUT2D eigenvalue weighted by atomic mass is 10.2. The van der Waals surface area contributed by atoms with E-state index in [1.165, 1.54) is 5.56 Å². The van der Waals surface area contributed by atoms with E-state index in [9.17, 15) is 0 Å². The molecule has 2 aromatic rings. The number of nitrogens with zero attached hydrogens (tertiary/aromatic N) is 1. The molecule has 2 rings (SSSR count). The van der Waals surface area contributed by atoms with Crippen LogP contribution in [0, 0.1) is 6.92 Å². The number of nitrogens with one attached hydrogen (secondary N) is 1. The average molecular weight is 274 g/mol. The molecule has 0 aromatic heterocycles. The molecule has 3 N–H and O–H groups in total. The Kier molecular flexibility index (Phi) is 4.42. The second-order valence-electron chi connectivity index (χ2n) is 4.29. The topological polar surface area (TPSA) is 50.4 Å². The van der Waals surface area contributed by atoms with Gasteiger partial charge in [-0.05, 0) is 36.2 Å². The summed E-state index contributed by atoms with van der Waals surface area (Å²) in [6, 6.07) is 15.6. The maximum Gasteiger partial charge on any atom is 0.193 e. The Labute approximate surface area is 118 Å². The largest absolute Gasteiger partial charge is 0.370 e. The van der Waals surface area contributed by atoms with Crippen LogP contribution in [0.2, 0.25) is 5.02 Å². The molecular formula is C15H16ClN3. The molecule has 0 amide bonds. The first-order valence-corrected chi connectivity index (χ1v) is 6.40. The standard InChI is InChI=1S/C15H16ClN3/c1-11-5-4-7-13(9-11)19-15(17)18-10-12-6-2-3-8-14(12)16/h2-9H,10H2,1H3,(H3,17,18,19). The van der Waals surface area contributed by atoms with Crippen molar-refractivity contribution >= 4 is 23.2 Å². The van der Waals surface area contributed by atoms with Crippen molar-refractivity contribution in [3.05, 3.63) is 64.7 Å². The minimum atomic E-state index is 0.380. The van der Waals surface area contributed by atoms with Crippen LogP contribution in [0.5, 0.6) is 0 Å². The Morgan fingerprint density at radius 3 is 2.74 bits per heavy atom. The molecule has 0 saturated heterocycles. The molecule has 0 heterocycles. The van der Waals surface area contributed by atoms with Crippen LogP contribution in [0.3, 0.4) is 0 Å². The van der Waals surface area contributed by atoms with E-state index in [-0.39, 0.29) is 0 Å². The minimum absolute atomic E-state index is 0.380. The molecule has 0 unspecified atom stereocenters. The van der Waals surface area contributed by atoms with Crippen LogP contribution in [-0.4, -0.2) is 5.96 Å². The van der Waals surface area contributed by atoms with Gasteiger partial charge in [-0.1, -0.05) is 41.9 Å². The van der Waals surface area contributed by atoms with Gasteiger partial charge in [-0.3, -0.25) is 0 Å². The highest BCUT2D eigenvalue weighted by Gasteiger charge is 1.99. The van der Waals surface area contributed by atoms with Crippen molar-refractivity contribution in [1.82, 2.24) is 0 Å². The van der Waals surface area contributed by atoms with Crippen LogP contribution in [0.4, 0.5) is 5.69 Å². The maximum atomic E-state index is 6.06. The molecule has 3 nitrogen and oxygen atoms in total. The molecule has 0 aliphatic heterocycles. The molecule has 0 spiro atoms. The smallest absolute Gasteiger partial charge is 0.193 e. The van der Waals surface area contributed by atoms with Gasteiger partial charge in [-0.25, -0.2) is 4.99 Å². The summed E-state index contributed by atoms with van der Waals surface area (Å²) < 4.78 is 0. The number of aliphatic imine (C=N–C) groups is 1. The van der Waals surface area contributed by atoms with Crippen molar-refractivity contribution in [3.8, 4) is 0 Å². The number of benzene rings is 2. The monoisotopic (exact) mass is 273 g/mol. The van der Waals surface area contributed by atoms with Crippen molar-refractivity contribution in [3.63, 3.8) is 0 Å². The number of aryl methyl sites for hydroxylation is 1. The lowest BCUT2D eigenvalue weighted by Crippen LogP contribution is -2.22. The Hall–Kier alpha value is -2.00. The van der Waals surface area contributed by atoms with Crippen molar-refractivity contribution in [2.24, 2.45) is 10.7 Å². The number of halogens is 1. The second-order valence-corrected chi connectivity index (χ2v) is 4.69. The summed E-state index contributed by atoms with van der Waals surface area (Å²) in [5, 5.41) is 3.76. The summed E-state index contributed by atoms with van der Waals surface area (Å²) >= 11 is 6.06. The van der Waals surface area contributed by atoms with E-state index in [1.807, 2.05) is 55.5 Å². The van der Waals surface area contributed by atoms with Gasteiger partial charge in [0.15, 0.2) is 5.96 Å². The van der Waals surface area contributed by atoms with Crippen molar-refractivity contribution in [2.75, 3.05) is 5.32 Å². The quantitative estimate of drug-likeness (QED) is 0.663. The summed E-state index contributed by atoms with van der Waals surface area (Å²) in [6.45, 7) is 2.49. The highest BCUT2D eigenvalue weighted by atomic mass is 35.5. The lowest BCUT2D eigenvalue weighted by Gasteiger charge is -2.06. The van der Waals surface area contributed by atoms with Gasteiger partial charge in [-0.15, -0.1) is 0 Å². The third-order valence-corrected chi connectivity index (χ3v) is 3.04. The van der Waals surface area contributed by atoms with E-state index < -0.39 is 0 Å². The zero-order valence-electron chi connectivity index (χ0n) is 10.7. The normalized spacial score (nSPS) is 11.4. The number of rotatable bonds is 3. The van der Waals surface area contributed by atoms with Gasteiger partial charge in [0.2, 0.25) is 0 Å². The molecule has 0 aliphatic rings. The zero-order chi connectivity index (χ0) is 13.7. The van der Waals surface area contributed by atoms with E-state index >= 15 is 0 Å². The third kappa shape index (κ3) is 4.00. The molecule has 0 aliphatic carbocycles. The first-order valence-electron chi connectivity index (χ1n) is 6.02. The second kappa shape index (κ2) is 6.25. The van der Waals surface area contributed by atoms with E-state index in [0.29, 0.717) is 17.5 Å². The van der Waals surface area contributed by atoms with Gasteiger partial charge in [0.05, 0.1) is 6.54 Å². The van der Waals surface area contributed by atoms with Gasteiger partial charge < -0.3 is 11.1 Å². The van der Waals surface area contributed by atoms with Gasteiger partial charge in [0, 0.05) is 10.7 Å². The molecule has 0 bridgehead atoms.